The Morgan fingerprint density at radius 3 is 2.29 bits per heavy atom. The van der Waals surface area contributed by atoms with E-state index in [1.54, 1.807) is 24.3 Å². The fourth-order valence-corrected chi connectivity index (χ4v) is 2.05. The maximum Gasteiger partial charge on any atom is 0.254 e. The summed E-state index contributed by atoms with van der Waals surface area (Å²) in [7, 11) is 1.46. The van der Waals surface area contributed by atoms with Crippen LogP contribution < -0.4 is 0 Å². The summed E-state index contributed by atoms with van der Waals surface area (Å²) in [6, 6.07) is 8.26. The molecule has 0 aliphatic heterocycles. The van der Waals surface area contributed by atoms with Crippen LogP contribution >= 0.6 is 11.6 Å². The number of carbonyl (C=O) groups is 1. The summed E-state index contributed by atoms with van der Waals surface area (Å²) < 4.78 is 39.2. The van der Waals surface area contributed by atoms with Gasteiger partial charge in [-0.05, 0) is 23.8 Å². The molecule has 0 fully saturated rings. The van der Waals surface area contributed by atoms with Crippen LogP contribution in [0.1, 0.15) is 15.9 Å². The van der Waals surface area contributed by atoms with Crippen LogP contribution in [0.5, 0.6) is 0 Å². The lowest BCUT2D eigenvalue weighted by atomic mass is 10.1. The van der Waals surface area contributed by atoms with Gasteiger partial charge in [0, 0.05) is 24.2 Å². The first-order valence-electron chi connectivity index (χ1n) is 6.03. The van der Waals surface area contributed by atoms with Crippen LogP contribution in [0, 0.1) is 17.5 Å². The Balaban J connectivity index is 2.22. The third-order valence-electron chi connectivity index (χ3n) is 2.94. The first-order chi connectivity index (χ1) is 9.90. The highest BCUT2D eigenvalue weighted by molar-refractivity contribution is 6.31. The summed E-state index contributed by atoms with van der Waals surface area (Å²) >= 11 is 5.98. The molecule has 0 radical (unpaired) electrons. The molecule has 1 amide bonds. The van der Waals surface area contributed by atoms with Crippen molar-refractivity contribution in [2.24, 2.45) is 0 Å². The smallest absolute Gasteiger partial charge is 0.254 e. The van der Waals surface area contributed by atoms with E-state index in [-0.39, 0.29) is 12.1 Å². The monoisotopic (exact) mass is 313 g/mol. The lowest BCUT2D eigenvalue weighted by molar-refractivity contribution is 0.0784. The molecular weight excluding hydrogens is 303 g/mol. The molecule has 6 heteroatoms. The van der Waals surface area contributed by atoms with Crippen molar-refractivity contribution >= 4 is 17.5 Å². The summed E-state index contributed by atoms with van der Waals surface area (Å²) in [5, 5.41) is 0.480. The van der Waals surface area contributed by atoms with Crippen molar-refractivity contribution in [2.45, 2.75) is 6.54 Å². The average molecular weight is 314 g/mol. The molecule has 0 aliphatic rings. The highest BCUT2D eigenvalue weighted by atomic mass is 35.5. The number of hydrogen-bond acceptors (Lipinski definition) is 1. The number of halogens is 4. The molecule has 0 unspecified atom stereocenters. The maximum atomic E-state index is 13.1. The van der Waals surface area contributed by atoms with Crippen LogP contribution in [0.4, 0.5) is 13.2 Å². The van der Waals surface area contributed by atoms with Crippen molar-refractivity contribution in [1.29, 1.82) is 0 Å². The summed E-state index contributed by atoms with van der Waals surface area (Å²) in [5.74, 6) is -5.03. The molecule has 21 heavy (non-hydrogen) atoms. The van der Waals surface area contributed by atoms with Gasteiger partial charge in [0.1, 0.15) is 0 Å². The van der Waals surface area contributed by atoms with Gasteiger partial charge in [-0.15, -0.1) is 0 Å². The van der Waals surface area contributed by atoms with Crippen LogP contribution in [-0.4, -0.2) is 17.9 Å². The molecule has 2 aromatic carbocycles. The minimum absolute atomic E-state index is 0.166. The van der Waals surface area contributed by atoms with Crippen molar-refractivity contribution in [3.05, 3.63) is 70.0 Å². The van der Waals surface area contributed by atoms with E-state index in [9.17, 15) is 18.0 Å². The molecule has 0 bridgehead atoms. The van der Waals surface area contributed by atoms with Gasteiger partial charge in [-0.2, -0.15) is 0 Å². The molecule has 0 aliphatic carbocycles. The van der Waals surface area contributed by atoms with Gasteiger partial charge in [0.25, 0.3) is 5.91 Å². The van der Waals surface area contributed by atoms with Gasteiger partial charge in [-0.3, -0.25) is 4.79 Å². The number of nitrogens with zero attached hydrogens (tertiary/aromatic N) is 1. The van der Waals surface area contributed by atoms with E-state index in [2.05, 4.69) is 0 Å². The van der Waals surface area contributed by atoms with Crippen molar-refractivity contribution in [3.8, 4) is 0 Å². The number of benzene rings is 2. The van der Waals surface area contributed by atoms with E-state index < -0.39 is 23.4 Å². The van der Waals surface area contributed by atoms with Crippen LogP contribution in [0.2, 0.25) is 5.02 Å². The second-order valence-corrected chi connectivity index (χ2v) is 4.91. The molecule has 2 aromatic rings. The first-order valence-corrected chi connectivity index (χ1v) is 6.41. The molecule has 0 aromatic heterocycles. The molecule has 2 rings (SSSR count). The molecule has 110 valence electrons. The quantitative estimate of drug-likeness (QED) is 0.783. The van der Waals surface area contributed by atoms with E-state index >= 15 is 0 Å². The topological polar surface area (TPSA) is 20.3 Å². The molecule has 0 atom stereocenters. The minimum atomic E-state index is -1.60. The van der Waals surface area contributed by atoms with E-state index in [1.165, 1.54) is 11.9 Å². The molecule has 0 N–H and O–H groups in total. The third kappa shape index (κ3) is 3.36. The van der Waals surface area contributed by atoms with Gasteiger partial charge in [0.05, 0.1) is 0 Å². The zero-order valence-electron chi connectivity index (χ0n) is 11.0. The fraction of sp³-hybridized carbons (Fsp3) is 0.133. The van der Waals surface area contributed by atoms with Gasteiger partial charge in [-0.25, -0.2) is 13.2 Å². The zero-order chi connectivity index (χ0) is 15.6. The average Bonchev–Trinajstić information content (AvgIpc) is 2.45. The number of hydrogen-bond donors (Lipinski definition) is 0. The lowest BCUT2D eigenvalue weighted by Gasteiger charge is -2.18. The van der Waals surface area contributed by atoms with Crippen LogP contribution in [0.15, 0.2) is 36.4 Å². The van der Waals surface area contributed by atoms with E-state index in [1.807, 2.05) is 0 Å². The molecule has 0 saturated heterocycles. The highest BCUT2D eigenvalue weighted by Gasteiger charge is 2.18. The Morgan fingerprint density at radius 1 is 1.14 bits per heavy atom. The number of carbonyl (C=O) groups excluding carboxylic acids is 1. The predicted octanol–water partition coefficient (Wildman–Crippen LogP) is 4.03. The molecule has 0 saturated carbocycles. The Bertz CT molecular complexity index is 667. The summed E-state index contributed by atoms with van der Waals surface area (Å²) in [6.07, 6.45) is 0. The Morgan fingerprint density at radius 2 is 1.71 bits per heavy atom. The van der Waals surface area contributed by atoms with Gasteiger partial charge in [0.2, 0.25) is 0 Å². The second-order valence-electron chi connectivity index (χ2n) is 4.51. The summed E-state index contributed by atoms with van der Waals surface area (Å²) in [6.45, 7) is 0.166. The fourth-order valence-electron chi connectivity index (χ4n) is 1.85. The van der Waals surface area contributed by atoms with E-state index in [0.29, 0.717) is 22.7 Å². The van der Waals surface area contributed by atoms with Crippen LogP contribution in [0.25, 0.3) is 0 Å². The van der Waals surface area contributed by atoms with Crippen molar-refractivity contribution in [3.63, 3.8) is 0 Å². The van der Waals surface area contributed by atoms with Gasteiger partial charge in [-0.1, -0.05) is 29.8 Å². The van der Waals surface area contributed by atoms with Crippen LogP contribution in [0.3, 0.4) is 0 Å². The Kier molecular flexibility index (Phi) is 4.53. The minimum Gasteiger partial charge on any atom is -0.337 e. The van der Waals surface area contributed by atoms with Gasteiger partial charge in [0.15, 0.2) is 17.5 Å². The van der Waals surface area contributed by atoms with Crippen molar-refractivity contribution < 1.29 is 18.0 Å². The molecule has 0 heterocycles. The highest BCUT2D eigenvalue weighted by Crippen LogP contribution is 2.19. The standard InChI is InChI=1S/C15H11ClF3NO/c1-20(8-9-4-2-3-5-11(9)16)15(21)10-6-12(17)14(19)13(18)7-10/h2-7H,8H2,1H3. The largest absolute Gasteiger partial charge is 0.337 e. The zero-order valence-corrected chi connectivity index (χ0v) is 11.8. The summed E-state index contributed by atoms with van der Waals surface area (Å²) in [5.41, 5.74) is 0.430. The second kappa shape index (κ2) is 6.18. The molecular formula is C15H11ClF3NO. The van der Waals surface area contributed by atoms with Crippen molar-refractivity contribution in [1.82, 2.24) is 4.90 Å². The van der Waals surface area contributed by atoms with E-state index in [0.717, 1.165) is 0 Å². The number of amides is 1. The molecule has 0 spiro atoms. The molecule has 2 nitrogen and oxygen atoms in total. The maximum absolute atomic E-state index is 13.1. The summed E-state index contributed by atoms with van der Waals surface area (Å²) in [4.78, 5) is 13.3. The van der Waals surface area contributed by atoms with Crippen molar-refractivity contribution in [2.75, 3.05) is 7.05 Å². The Labute approximate surface area is 124 Å². The van der Waals surface area contributed by atoms with E-state index in [4.69, 9.17) is 11.6 Å². The lowest BCUT2D eigenvalue weighted by Crippen LogP contribution is -2.26. The third-order valence-corrected chi connectivity index (χ3v) is 3.31. The first kappa shape index (κ1) is 15.4. The normalized spacial score (nSPS) is 10.5. The number of rotatable bonds is 3. The van der Waals surface area contributed by atoms with Gasteiger partial charge < -0.3 is 4.90 Å². The SMILES string of the molecule is CN(Cc1ccccc1Cl)C(=O)c1cc(F)c(F)c(F)c1. The van der Waals surface area contributed by atoms with Gasteiger partial charge >= 0.3 is 0 Å². The predicted molar refractivity (Wildman–Crippen MR) is 73.6 cm³/mol. The van der Waals surface area contributed by atoms with Crippen LogP contribution in [-0.2, 0) is 6.54 Å². The Hall–Kier alpha value is -2.01.